The molecule has 0 aliphatic heterocycles. The second-order valence-corrected chi connectivity index (χ2v) is 5.74. The fourth-order valence-corrected chi connectivity index (χ4v) is 3.33. The number of nitrogens with two attached hydrogens (primary N) is 2. The van der Waals surface area contributed by atoms with Crippen LogP contribution >= 0.6 is 11.3 Å². The van der Waals surface area contributed by atoms with Crippen LogP contribution in [0.3, 0.4) is 0 Å². The highest BCUT2D eigenvalue weighted by atomic mass is 32.1. The third-order valence-corrected chi connectivity index (χ3v) is 4.41. The summed E-state index contributed by atoms with van der Waals surface area (Å²) in [6.07, 6.45) is 2.74. The van der Waals surface area contributed by atoms with Crippen molar-refractivity contribution in [3.05, 3.63) is 46.5 Å². The SMILES string of the molecule is Nc1nc2c(s1)CCC(N)(c1ccccc1)C2. The number of aromatic nitrogens is 1. The number of hydrogen-bond acceptors (Lipinski definition) is 4. The Labute approximate surface area is 104 Å². The molecule has 4 heteroatoms. The predicted octanol–water partition coefficient (Wildman–Crippen LogP) is 2.07. The largest absolute Gasteiger partial charge is 0.375 e. The van der Waals surface area contributed by atoms with Crippen LogP contribution in [-0.4, -0.2) is 4.98 Å². The van der Waals surface area contributed by atoms with Crippen LogP contribution in [0.2, 0.25) is 0 Å². The Morgan fingerprint density at radius 2 is 2.00 bits per heavy atom. The van der Waals surface area contributed by atoms with E-state index in [-0.39, 0.29) is 5.54 Å². The molecule has 1 aliphatic carbocycles. The van der Waals surface area contributed by atoms with Gasteiger partial charge in [0.1, 0.15) is 0 Å². The lowest BCUT2D eigenvalue weighted by Gasteiger charge is -2.33. The van der Waals surface area contributed by atoms with E-state index in [0.29, 0.717) is 5.13 Å². The molecule has 1 unspecified atom stereocenters. The Hall–Kier alpha value is -1.39. The summed E-state index contributed by atoms with van der Waals surface area (Å²) in [6.45, 7) is 0. The molecule has 0 bridgehead atoms. The normalized spacial score (nSPS) is 23.4. The minimum Gasteiger partial charge on any atom is -0.375 e. The minimum absolute atomic E-state index is 0.283. The maximum absolute atomic E-state index is 6.53. The van der Waals surface area contributed by atoms with Gasteiger partial charge >= 0.3 is 0 Å². The molecular formula is C13H15N3S. The van der Waals surface area contributed by atoms with Gasteiger partial charge in [-0.2, -0.15) is 0 Å². The van der Waals surface area contributed by atoms with Gasteiger partial charge in [0.25, 0.3) is 0 Å². The average Bonchev–Trinajstić information content (AvgIpc) is 2.69. The maximum Gasteiger partial charge on any atom is 0.180 e. The van der Waals surface area contributed by atoms with E-state index in [1.165, 1.54) is 10.4 Å². The fraction of sp³-hybridized carbons (Fsp3) is 0.308. The van der Waals surface area contributed by atoms with Crippen molar-refractivity contribution in [2.24, 2.45) is 5.73 Å². The molecule has 4 N–H and O–H groups in total. The molecule has 0 amide bonds. The van der Waals surface area contributed by atoms with E-state index >= 15 is 0 Å². The first-order valence-corrected chi connectivity index (χ1v) is 6.57. The molecule has 0 saturated heterocycles. The van der Waals surface area contributed by atoms with Crippen LogP contribution in [0.4, 0.5) is 5.13 Å². The average molecular weight is 245 g/mol. The van der Waals surface area contributed by atoms with Gasteiger partial charge in [0.15, 0.2) is 5.13 Å². The van der Waals surface area contributed by atoms with E-state index in [4.69, 9.17) is 11.5 Å². The van der Waals surface area contributed by atoms with Crippen molar-refractivity contribution in [3.63, 3.8) is 0 Å². The van der Waals surface area contributed by atoms with Gasteiger partial charge in [-0.25, -0.2) is 4.98 Å². The number of benzene rings is 1. The van der Waals surface area contributed by atoms with Crippen molar-refractivity contribution in [2.45, 2.75) is 24.8 Å². The summed E-state index contributed by atoms with van der Waals surface area (Å²) in [4.78, 5) is 5.69. The van der Waals surface area contributed by atoms with Gasteiger partial charge < -0.3 is 11.5 Å². The third kappa shape index (κ3) is 1.83. The molecule has 1 aromatic heterocycles. The Bertz CT molecular complexity index is 535. The lowest BCUT2D eigenvalue weighted by atomic mass is 9.78. The Balaban J connectivity index is 1.97. The predicted molar refractivity (Wildman–Crippen MR) is 70.9 cm³/mol. The molecule has 3 rings (SSSR count). The molecule has 1 heterocycles. The van der Waals surface area contributed by atoms with Crippen LogP contribution in [-0.2, 0) is 18.4 Å². The zero-order valence-electron chi connectivity index (χ0n) is 9.52. The third-order valence-electron chi connectivity index (χ3n) is 3.42. The number of thiazole rings is 1. The Kier molecular flexibility index (Phi) is 2.42. The molecule has 1 aromatic carbocycles. The van der Waals surface area contributed by atoms with Crippen LogP contribution in [0.15, 0.2) is 30.3 Å². The molecule has 1 atom stereocenters. The molecule has 0 spiro atoms. The number of nitrogens with zero attached hydrogens (tertiary/aromatic N) is 1. The summed E-state index contributed by atoms with van der Waals surface area (Å²) >= 11 is 1.60. The first kappa shape index (κ1) is 10.7. The van der Waals surface area contributed by atoms with Crippen molar-refractivity contribution in [1.82, 2.24) is 4.98 Å². The Morgan fingerprint density at radius 1 is 1.24 bits per heavy atom. The lowest BCUT2D eigenvalue weighted by molar-refractivity contribution is 0.383. The van der Waals surface area contributed by atoms with Gasteiger partial charge in [-0.3, -0.25) is 0 Å². The number of nitrogen functional groups attached to an aromatic ring is 1. The molecular weight excluding hydrogens is 230 g/mol. The minimum atomic E-state index is -0.283. The summed E-state index contributed by atoms with van der Waals surface area (Å²) in [5.74, 6) is 0. The van der Waals surface area contributed by atoms with E-state index in [9.17, 15) is 0 Å². The van der Waals surface area contributed by atoms with Gasteiger partial charge in [0, 0.05) is 16.8 Å². The smallest absolute Gasteiger partial charge is 0.180 e. The highest BCUT2D eigenvalue weighted by Crippen LogP contribution is 2.37. The van der Waals surface area contributed by atoms with E-state index in [2.05, 4.69) is 17.1 Å². The van der Waals surface area contributed by atoms with Gasteiger partial charge in [0.05, 0.1) is 5.69 Å². The number of fused-ring (bicyclic) bond motifs is 1. The number of anilines is 1. The van der Waals surface area contributed by atoms with Gasteiger partial charge in [-0.1, -0.05) is 30.3 Å². The van der Waals surface area contributed by atoms with Crippen molar-refractivity contribution in [3.8, 4) is 0 Å². The summed E-state index contributed by atoms with van der Waals surface area (Å²) < 4.78 is 0. The van der Waals surface area contributed by atoms with Crippen LogP contribution in [0.25, 0.3) is 0 Å². The highest BCUT2D eigenvalue weighted by molar-refractivity contribution is 7.15. The molecule has 0 fully saturated rings. The van der Waals surface area contributed by atoms with E-state index in [1.807, 2.05) is 18.2 Å². The standard InChI is InChI=1S/C13H15N3S/c14-12-16-10-8-13(15,7-6-11(10)17-12)9-4-2-1-3-5-9/h1-5H,6-8,15H2,(H2,14,16). The van der Waals surface area contributed by atoms with Crippen LogP contribution in [0.5, 0.6) is 0 Å². The number of hydrogen-bond donors (Lipinski definition) is 2. The topological polar surface area (TPSA) is 64.9 Å². The molecule has 2 aromatic rings. The van der Waals surface area contributed by atoms with Crippen LogP contribution in [0, 0.1) is 0 Å². The first-order valence-electron chi connectivity index (χ1n) is 5.76. The zero-order chi connectivity index (χ0) is 11.9. The monoisotopic (exact) mass is 245 g/mol. The van der Waals surface area contributed by atoms with E-state index in [1.54, 1.807) is 11.3 Å². The lowest BCUT2D eigenvalue weighted by Crippen LogP contribution is -2.42. The molecule has 1 aliphatic rings. The first-order chi connectivity index (χ1) is 8.17. The second kappa shape index (κ2) is 3.82. The molecule has 17 heavy (non-hydrogen) atoms. The summed E-state index contributed by atoms with van der Waals surface area (Å²) in [5, 5.41) is 0.660. The van der Waals surface area contributed by atoms with E-state index < -0.39 is 0 Å². The fourth-order valence-electron chi connectivity index (χ4n) is 2.48. The van der Waals surface area contributed by atoms with Crippen LogP contribution in [0.1, 0.15) is 22.6 Å². The zero-order valence-corrected chi connectivity index (χ0v) is 10.3. The van der Waals surface area contributed by atoms with Crippen LogP contribution < -0.4 is 11.5 Å². The van der Waals surface area contributed by atoms with Gasteiger partial charge in [-0.15, -0.1) is 11.3 Å². The Morgan fingerprint density at radius 3 is 2.76 bits per heavy atom. The second-order valence-electron chi connectivity index (χ2n) is 4.62. The number of rotatable bonds is 1. The van der Waals surface area contributed by atoms with Gasteiger partial charge in [-0.05, 0) is 18.4 Å². The van der Waals surface area contributed by atoms with Crippen molar-refractivity contribution in [1.29, 1.82) is 0 Å². The summed E-state index contributed by atoms with van der Waals surface area (Å²) in [7, 11) is 0. The number of aryl methyl sites for hydroxylation is 1. The van der Waals surface area contributed by atoms with E-state index in [0.717, 1.165) is 25.0 Å². The summed E-state index contributed by atoms with van der Waals surface area (Å²) in [5.41, 5.74) is 14.3. The quantitative estimate of drug-likeness (QED) is 0.808. The maximum atomic E-state index is 6.53. The van der Waals surface area contributed by atoms with Crippen molar-refractivity contribution in [2.75, 3.05) is 5.73 Å². The van der Waals surface area contributed by atoms with Crippen molar-refractivity contribution >= 4 is 16.5 Å². The molecule has 0 saturated carbocycles. The highest BCUT2D eigenvalue weighted by Gasteiger charge is 2.33. The molecule has 88 valence electrons. The van der Waals surface area contributed by atoms with Gasteiger partial charge in [0.2, 0.25) is 0 Å². The molecule has 0 radical (unpaired) electrons. The van der Waals surface area contributed by atoms with Crippen molar-refractivity contribution < 1.29 is 0 Å². The molecule has 3 nitrogen and oxygen atoms in total. The summed E-state index contributed by atoms with van der Waals surface area (Å²) in [6, 6.07) is 10.3.